The number of unbranched alkanes of at least 4 members (excludes halogenated alkanes) is 2. The van der Waals surface area contributed by atoms with E-state index in [0.29, 0.717) is 5.92 Å². The topological polar surface area (TPSA) is 35.5 Å². The summed E-state index contributed by atoms with van der Waals surface area (Å²) in [5.74, 6) is 0.481. The van der Waals surface area contributed by atoms with Gasteiger partial charge in [0.15, 0.2) is 0 Å². The number of hydrogen-bond donors (Lipinski definition) is 0. The van der Waals surface area contributed by atoms with Gasteiger partial charge in [0.2, 0.25) is 0 Å². The van der Waals surface area contributed by atoms with Gasteiger partial charge in [0.1, 0.15) is 12.2 Å². The summed E-state index contributed by atoms with van der Waals surface area (Å²) in [4.78, 5) is 0. The van der Waals surface area contributed by atoms with Gasteiger partial charge in [-0.1, -0.05) is 79.6 Å². The first-order valence-corrected chi connectivity index (χ1v) is 10.5. The van der Waals surface area contributed by atoms with Crippen molar-refractivity contribution >= 4 is 8.25 Å². The number of hydrogen-bond acceptors (Lipinski definition) is 3. The van der Waals surface area contributed by atoms with Gasteiger partial charge in [0.25, 0.3) is 0 Å². The molecule has 0 N–H and O–H groups in total. The summed E-state index contributed by atoms with van der Waals surface area (Å²) in [5.41, 5.74) is 0. The summed E-state index contributed by atoms with van der Waals surface area (Å²) in [6.07, 6.45) is 10.8. The maximum absolute atomic E-state index is 12.3. The largest absolute Gasteiger partial charge is 0.697 e. The SMILES string of the molecule is CCCCC(CCC)O[P+](=O)OC(CCCC)C(CC)CC. The lowest BCUT2D eigenvalue weighted by atomic mass is 9.93. The van der Waals surface area contributed by atoms with Crippen molar-refractivity contribution < 1.29 is 13.6 Å². The van der Waals surface area contributed by atoms with Crippen molar-refractivity contribution in [2.45, 2.75) is 111 Å². The Hall–Kier alpha value is 0.0200. The molecule has 0 spiro atoms. The number of rotatable bonds is 15. The summed E-state index contributed by atoms with van der Waals surface area (Å²) in [5, 5.41) is 0. The van der Waals surface area contributed by atoms with Crippen LogP contribution in [-0.4, -0.2) is 12.2 Å². The molecule has 4 heteroatoms. The van der Waals surface area contributed by atoms with E-state index in [2.05, 4.69) is 34.6 Å². The van der Waals surface area contributed by atoms with Crippen LogP contribution < -0.4 is 0 Å². The average Bonchev–Trinajstić information content (AvgIpc) is 2.51. The molecule has 0 heterocycles. The highest BCUT2D eigenvalue weighted by molar-refractivity contribution is 7.33. The minimum atomic E-state index is -2.00. The Morgan fingerprint density at radius 3 is 1.86 bits per heavy atom. The van der Waals surface area contributed by atoms with E-state index in [1.54, 1.807) is 0 Å². The second-order valence-electron chi connectivity index (χ2n) is 6.24. The van der Waals surface area contributed by atoms with Crippen LogP contribution in [0.15, 0.2) is 0 Å². The van der Waals surface area contributed by atoms with Crippen molar-refractivity contribution in [2.24, 2.45) is 5.92 Å². The summed E-state index contributed by atoms with van der Waals surface area (Å²) in [6.45, 7) is 10.9. The minimum absolute atomic E-state index is 0.0759. The summed E-state index contributed by atoms with van der Waals surface area (Å²) < 4.78 is 23.9. The molecule has 0 rings (SSSR count). The molecule has 0 aliphatic carbocycles. The lowest BCUT2D eigenvalue weighted by molar-refractivity contribution is 0.0788. The lowest BCUT2D eigenvalue weighted by Crippen LogP contribution is -2.22. The van der Waals surface area contributed by atoms with Crippen molar-refractivity contribution in [3.8, 4) is 0 Å². The molecule has 0 saturated carbocycles. The molecule has 3 nitrogen and oxygen atoms in total. The molecule has 0 saturated heterocycles. The van der Waals surface area contributed by atoms with E-state index in [4.69, 9.17) is 9.05 Å². The van der Waals surface area contributed by atoms with E-state index in [9.17, 15) is 4.57 Å². The van der Waals surface area contributed by atoms with Crippen molar-refractivity contribution in [2.75, 3.05) is 0 Å². The van der Waals surface area contributed by atoms with E-state index in [-0.39, 0.29) is 12.2 Å². The highest BCUT2D eigenvalue weighted by Crippen LogP contribution is 2.36. The Labute approximate surface area is 139 Å². The molecule has 0 aromatic carbocycles. The third kappa shape index (κ3) is 9.92. The molecule has 0 aromatic rings. The molecule has 0 bridgehead atoms. The molecule has 0 fully saturated rings. The monoisotopic (exact) mass is 333 g/mol. The van der Waals surface area contributed by atoms with Crippen LogP contribution in [0.3, 0.4) is 0 Å². The predicted octanol–water partition coefficient (Wildman–Crippen LogP) is 7.03. The standard InChI is InChI=1S/C18H38O3P/c1-6-11-14-17(13-8-3)20-22(19)21-18(15-12-7-2)16(9-4)10-5/h16-18H,6-15H2,1-5H3/q+1. The van der Waals surface area contributed by atoms with Gasteiger partial charge in [0.05, 0.1) is 0 Å². The third-order valence-electron chi connectivity index (χ3n) is 4.36. The maximum atomic E-state index is 12.3. The van der Waals surface area contributed by atoms with Gasteiger partial charge >= 0.3 is 8.25 Å². The molecule has 22 heavy (non-hydrogen) atoms. The van der Waals surface area contributed by atoms with Gasteiger partial charge in [-0.2, -0.15) is 0 Å². The molecule has 3 unspecified atom stereocenters. The van der Waals surface area contributed by atoms with Gasteiger partial charge in [-0.15, -0.1) is 9.05 Å². The highest BCUT2D eigenvalue weighted by atomic mass is 31.1. The molecule has 0 aromatic heterocycles. The van der Waals surface area contributed by atoms with Gasteiger partial charge in [-0.3, -0.25) is 0 Å². The van der Waals surface area contributed by atoms with Gasteiger partial charge < -0.3 is 0 Å². The Bertz CT molecular complexity index is 267. The zero-order chi connectivity index (χ0) is 16.8. The Morgan fingerprint density at radius 2 is 1.36 bits per heavy atom. The van der Waals surface area contributed by atoms with Crippen molar-refractivity contribution in [1.29, 1.82) is 0 Å². The molecular formula is C18H38O3P+. The highest BCUT2D eigenvalue weighted by Gasteiger charge is 2.33. The van der Waals surface area contributed by atoms with Crippen molar-refractivity contribution in [3.05, 3.63) is 0 Å². The summed E-state index contributed by atoms with van der Waals surface area (Å²) in [7, 11) is -2.00. The normalized spacial score (nSPS) is 15.1. The van der Waals surface area contributed by atoms with Crippen molar-refractivity contribution in [3.63, 3.8) is 0 Å². The third-order valence-corrected chi connectivity index (χ3v) is 5.28. The molecule has 0 radical (unpaired) electrons. The van der Waals surface area contributed by atoms with Crippen LogP contribution in [0.2, 0.25) is 0 Å². The fourth-order valence-corrected chi connectivity index (χ4v) is 3.86. The van der Waals surface area contributed by atoms with Gasteiger partial charge in [-0.25, -0.2) is 0 Å². The van der Waals surface area contributed by atoms with Crippen LogP contribution in [-0.2, 0) is 13.6 Å². The molecular weight excluding hydrogens is 295 g/mol. The van der Waals surface area contributed by atoms with Gasteiger partial charge in [-0.05, 0) is 25.2 Å². The molecule has 3 atom stereocenters. The Kier molecular flexibility index (Phi) is 14.6. The Balaban J connectivity index is 4.49. The van der Waals surface area contributed by atoms with E-state index < -0.39 is 8.25 Å². The van der Waals surface area contributed by atoms with E-state index >= 15 is 0 Å². The van der Waals surface area contributed by atoms with Crippen LogP contribution in [0.25, 0.3) is 0 Å². The summed E-state index contributed by atoms with van der Waals surface area (Å²) in [6, 6.07) is 0. The quantitative estimate of drug-likeness (QED) is 0.302. The van der Waals surface area contributed by atoms with Crippen LogP contribution in [0, 0.1) is 5.92 Å². The van der Waals surface area contributed by atoms with Crippen LogP contribution >= 0.6 is 8.25 Å². The zero-order valence-corrected chi connectivity index (χ0v) is 16.4. The first kappa shape index (κ1) is 22.0. The fraction of sp³-hybridized carbons (Fsp3) is 1.00. The zero-order valence-electron chi connectivity index (χ0n) is 15.5. The van der Waals surface area contributed by atoms with Crippen molar-refractivity contribution in [1.82, 2.24) is 0 Å². The molecule has 0 amide bonds. The fourth-order valence-electron chi connectivity index (χ4n) is 2.85. The molecule has 132 valence electrons. The Morgan fingerprint density at radius 1 is 0.773 bits per heavy atom. The van der Waals surface area contributed by atoms with E-state index in [0.717, 1.165) is 64.2 Å². The van der Waals surface area contributed by atoms with Crippen LogP contribution in [0.4, 0.5) is 0 Å². The van der Waals surface area contributed by atoms with E-state index in [1.165, 1.54) is 0 Å². The van der Waals surface area contributed by atoms with E-state index in [1.807, 2.05) is 0 Å². The first-order chi connectivity index (χ1) is 10.6. The average molecular weight is 333 g/mol. The summed E-state index contributed by atoms with van der Waals surface area (Å²) >= 11 is 0. The second kappa shape index (κ2) is 14.6. The van der Waals surface area contributed by atoms with Crippen LogP contribution in [0.1, 0.15) is 98.8 Å². The smallest absolute Gasteiger partial charge is 0.116 e. The molecule has 0 aliphatic heterocycles. The predicted molar refractivity (Wildman–Crippen MR) is 95.4 cm³/mol. The second-order valence-corrected chi connectivity index (χ2v) is 7.11. The maximum Gasteiger partial charge on any atom is 0.697 e. The van der Waals surface area contributed by atoms with Crippen LogP contribution in [0.5, 0.6) is 0 Å². The molecule has 0 aliphatic rings. The van der Waals surface area contributed by atoms with Gasteiger partial charge in [0, 0.05) is 4.57 Å². The lowest BCUT2D eigenvalue weighted by Gasteiger charge is -2.20. The first-order valence-electron chi connectivity index (χ1n) is 9.43. The minimum Gasteiger partial charge on any atom is -0.116 e.